The number of piperidine rings is 1. The fraction of sp³-hybridized carbons (Fsp3) is 1.00. The highest BCUT2D eigenvalue weighted by Gasteiger charge is 2.36. The molecule has 16 heavy (non-hydrogen) atoms. The highest BCUT2D eigenvalue weighted by Crippen LogP contribution is 2.44. The van der Waals surface area contributed by atoms with Crippen molar-refractivity contribution in [2.75, 3.05) is 19.6 Å². The van der Waals surface area contributed by atoms with E-state index in [2.05, 4.69) is 11.8 Å². The third-order valence-electron chi connectivity index (χ3n) is 5.03. The Morgan fingerprint density at radius 1 is 1.06 bits per heavy atom. The van der Waals surface area contributed by atoms with Gasteiger partial charge in [-0.1, -0.05) is 26.2 Å². The Labute approximate surface area is 101 Å². The van der Waals surface area contributed by atoms with E-state index < -0.39 is 0 Å². The number of hydrogen-bond acceptors (Lipinski definition) is 2. The van der Waals surface area contributed by atoms with Gasteiger partial charge in [0, 0.05) is 12.6 Å². The Kier molecular flexibility index (Phi) is 4.26. The Morgan fingerprint density at radius 2 is 1.69 bits per heavy atom. The molecule has 2 fully saturated rings. The average molecular weight is 224 g/mol. The van der Waals surface area contributed by atoms with E-state index in [1.807, 2.05) is 0 Å². The van der Waals surface area contributed by atoms with Crippen molar-refractivity contribution < 1.29 is 0 Å². The fourth-order valence-electron chi connectivity index (χ4n) is 3.74. The van der Waals surface area contributed by atoms with E-state index in [9.17, 15) is 0 Å². The van der Waals surface area contributed by atoms with Gasteiger partial charge in [-0.2, -0.15) is 0 Å². The van der Waals surface area contributed by atoms with Gasteiger partial charge in [0.1, 0.15) is 0 Å². The van der Waals surface area contributed by atoms with Gasteiger partial charge < -0.3 is 5.73 Å². The summed E-state index contributed by atoms with van der Waals surface area (Å²) in [5.74, 6) is 0. The molecule has 0 bridgehead atoms. The largest absolute Gasteiger partial charge is 0.329 e. The first-order valence-electron chi connectivity index (χ1n) is 7.24. The second-order valence-electron chi connectivity index (χ2n) is 5.89. The van der Waals surface area contributed by atoms with Crippen molar-refractivity contribution >= 4 is 0 Å². The number of hydrogen-bond donors (Lipinski definition) is 1. The molecule has 0 aromatic carbocycles. The number of likely N-dealkylation sites (tertiary alicyclic amines) is 1. The summed E-state index contributed by atoms with van der Waals surface area (Å²) in [4.78, 5) is 2.64. The van der Waals surface area contributed by atoms with Gasteiger partial charge in [0.25, 0.3) is 0 Å². The summed E-state index contributed by atoms with van der Waals surface area (Å²) < 4.78 is 0. The lowest BCUT2D eigenvalue weighted by molar-refractivity contribution is 0.0459. The lowest BCUT2D eigenvalue weighted by Gasteiger charge is -2.46. The molecule has 0 amide bonds. The molecule has 1 unspecified atom stereocenters. The topological polar surface area (TPSA) is 29.3 Å². The molecule has 2 heteroatoms. The van der Waals surface area contributed by atoms with Crippen LogP contribution in [0.25, 0.3) is 0 Å². The molecule has 1 atom stereocenters. The maximum atomic E-state index is 5.84. The standard InChI is InChI=1S/C14H28N2/c1-2-13(12-15)16-10-8-14(9-11-16)6-4-3-5-7-14/h13H,2-12,15H2,1H3. The Bertz CT molecular complexity index is 195. The molecule has 1 spiro atoms. The highest BCUT2D eigenvalue weighted by atomic mass is 15.2. The van der Waals surface area contributed by atoms with Crippen LogP contribution in [-0.4, -0.2) is 30.6 Å². The van der Waals surface area contributed by atoms with Crippen LogP contribution in [-0.2, 0) is 0 Å². The minimum Gasteiger partial charge on any atom is -0.329 e. The molecule has 1 aliphatic carbocycles. The molecule has 94 valence electrons. The number of nitrogens with zero attached hydrogens (tertiary/aromatic N) is 1. The monoisotopic (exact) mass is 224 g/mol. The van der Waals surface area contributed by atoms with Crippen molar-refractivity contribution in [3.8, 4) is 0 Å². The lowest BCUT2D eigenvalue weighted by atomic mass is 9.68. The van der Waals surface area contributed by atoms with E-state index in [4.69, 9.17) is 5.73 Å². The van der Waals surface area contributed by atoms with E-state index in [1.54, 1.807) is 0 Å². The highest BCUT2D eigenvalue weighted by molar-refractivity contribution is 4.89. The van der Waals surface area contributed by atoms with Crippen LogP contribution in [0, 0.1) is 5.41 Å². The quantitative estimate of drug-likeness (QED) is 0.798. The summed E-state index contributed by atoms with van der Waals surface area (Å²) in [6, 6.07) is 0.640. The van der Waals surface area contributed by atoms with Crippen LogP contribution in [0.2, 0.25) is 0 Å². The zero-order valence-electron chi connectivity index (χ0n) is 10.9. The van der Waals surface area contributed by atoms with Gasteiger partial charge in [-0.3, -0.25) is 4.90 Å². The average Bonchev–Trinajstić information content (AvgIpc) is 2.34. The Hall–Kier alpha value is -0.0800. The van der Waals surface area contributed by atoms with E-state index in [-0.39, 0.29) is 0 Å². The zero-order chi connectivity index (χ0) is 11.4. The predicted molar refractivity (Wildman–Crippen MR) is 69.5 cm³/mol. The van der Waals surface area contributed by atoms with Crippen LogP contribution in [0.1, 0.15) is 58.3 Å². The number of nitrogens with two attached hydrogens (primary N) is 1. The third-order valence-corrected chi connectivity index (χ3v) is 5.03. The van der Waals surface area contributed by atoms with Crippen molar-refractivity contribution in [2.45, 2.75) is 64.3 Å². The molecular formula is C14H28N2. The summed E-state index contributed by atoms with van der Waals surface area (Å²) in [6.45, 7) is 5.71. The van der Waals surface area contributed by atoms with Crippen LogP contribution < -0.4 is 5.73 Å². The lowest BCUT2D eigenvalue weighted by Crippen LogP contribution is -2.48. The SMILES string of the molecule is CCC(CN)N1CCC2(CCCCC2)CC1. The van der Waals surface area contributed by atoms with Gasteiger partial charge in [0.2, 0.25) is 0 Å². The molecule has 2 aliphatic rings. The van der Waals surface area contributed by atoms with Crippen molar-refractivity contribution in [2.24, 2.45) is 11.1 Å². The first kappa shape index (κ1) is 12.4. The first-order valence-corrected chi connectivity index (χ1v) is 7.24. The summed E-state index contributed by atoms with van der Waals surface area (Å²) >= 11 is 0. The molecule has 1 saturated carbocycles. The van der Waals surface area contributed by atoms with Gasteiger partial charge in [0.15, 0.2) is 0 Å². The summed E-state index contributed by atoms with van der Waals surface area (Å²) in [7, 11) is 0. The molecule has 0 aromatic rings. The maximum Gasteiger partial charge on any atom is 0.0215 e. The van der Waals surface area contributed by atoms with Crippen LogP contribution in [0.4, 0.5) is 0 Å². The molecular weight excluding hydrogens is 196 g/mol. The second kappa shape index (κ2) is 5.50. The van der Waals surface area contributed by atoms with Crippen molar-refractivity contribution in [1.29, 1.82) is 0 Å². The normalized spacial score (nSPS) is 28.1. The van der Waals surface area contributed by atoms with Gasteiger partial charge in [-0.15, -0.1) is 0 Å². The number of rotatable bonds is 3. The van der Waals surface area contributed by atoms with Crippen LogP contribution in [0.15, 0.2) is 0 Å². The smallest absolute Gasteiger partial charge is 0.0215 e. The summed E-state index contributed by atoms with van der Waals surface area (Å²) in [5.41, 5.74) is 6.58. The van der Waals surface area contributed by atoms with Crippen molar-refractivity contribution in [1.82, 2.24) is 4.90 Å². The summed E-state index contributed by atoms with van der Waals surface area (Å²) in [6.07, 6.45) is 11.5. The van der Waals surface area contributed by atoms with Gasteiger partial charge in [-0.25, -0.2) is 0 Å². The predicted octanol–water partition coefficient (Wildman–Crippen LogP) is 2.77. The molecule has 1 saturated heterocycles. The summed E-state index contributed by atoms with van der Waals surface area (Å²) in [5, 5.41) is 0. The van der Waals surface area contributed by atoms with Gasteiger partial charge in [-0.05, 0) is 50.6 Å². The second-order valence-corrected chi connectivity index (χ2v) is 5.89. The Balaban J connectivity index is 1.85. The van der Waals surface area contributed by atoms with E-state index in [0.29, 0.717) is 6.04 Å². The zero-order valence-corrected chi connectivity index (χ0v) is 10.9. The molecule has 0 radical (unpaired) electrons. The molecule has 2 N–H and O–H groups in total. The van der Waals surface area contributed by atoms with E-state index >= 15 is 0 Å². The third kappa shape index (κ3) is 2.60. The van der Waals surface area contributed by atoms with Crippen molar-refractivity contribution in [3.63, 3.8) is 0 Å². The minimum absolute atomic E-state index is 0.640. The fourth-order valence-corrected chi connectivity index (χ4v) is 3.74. The molecule has 0 aromatic heterocycles. The molecule has 1 heterocycles. The van der Waals surface area contributed by atoms with Gasteiger partial charge in [0.05, 0.1) is 0 Å². The van der Waals surface area contributed by atoms with Crippen molar-refractivity contribution in [3.05, 3.63) is 0 Å². The van der Waals surface area contributed by atoms with Crippen LogP contribution >= 0.6 is 0 Å². The molecule has 2 rings (SSSR count). The van der Waals surface area contributed by atoms with Crippen LogP contribution in [0.5, 0.6) is 0 Å². The molecule has 1 aliphatic heterocycles. The first-order chi connectivity index (χ1) is 7.79. The van der Waals surface area contributed by atoms with Gasteiger partial charge >= 0.3 is 0 Å². The maximum absolute atomic E-state index is 5.84. The van der Waals surface area contributed by atoms with E-state index in [1.165, 1.54) is 64.5 Å². The minimum atomic E-state index is 0.640. The van der Waals surface area contributed by atoms with E-state index in [0.717, 1.165) is 12.0 Å². The molecule has 2 nitrogen and oxygen atoms in total. The Morgan fingerprint density at radius 3 is 2.19 bits per heavy atom. The van der Waals surface area contributed by atoms with Crippen LogP contribution in [0.3, 0.4) is 0 Å².